The van der Waals surface area contributed by atoms with Crippen LogP contribution < -0.4 is 11.1 Å². The average Bonchev–Trinajstić information content (AvgIpc) is 2.95. The van der Waals surface area contributed by atoms with Crippen LogP contribution in [0.1, 0.15) is 11.1 Å². The Labute approximate surface area is 131 Å². The fourth-order valence-corrected chi connectivity index (χ4v) is 2.47. The van der Waals surface area contributed by atoms with Gasteiger partial charge in [0.2, 0.25) is 0 Å². The largest absolute Gasteiger partial charge is 0.457 e. The van der Waals surface area contributed by atoms with Crippen molar-refractivity contribution >= 4 is 10.9 Å². The van der Waals surface area contributed by atoms with Crippen molar-refractivity contribution in [3.8, 4) is 11.3 Å². The van der Waals surface area contributed by atoms with E-state index in [1.165, 1.54) is 5.32 Å². The van der Waals surface area contributed by atoms with Crippen molar-refractivity contribution < 1.29 is 13.2 Å². The summed E-state index contributed by atoms with van der Waals surface area (Å²) in [6, 6.07) is 15.0. The molecule has 3 rings (SSSR count). The van der Waals surface area contributed by atoms with E-state index in [0.29, 0.717) is 12.1 Å². The van der Waals surface area contributed by atoms with Crippen molar-refractivity contribution in [1.82, 2.24) is 10.3 Å². The number of benzene rings is 2. The van der Waals surface area contributed by atoms with E-state index >= 15 is 0 Å². The van der Waals surface area contributed by atoms with Gasteiger partial charge >= 0.3 is 6.30 Å². The number of hydrogen-bond donors (Lipinski definition) is 3. The van der Waals surface area contributed by atoms with Gasteiger partial charge in [-0.2, -0.15) is 13.2 Å². The SMILES string of the molecule is NCc1ccc2[nH]c(-c3ccc(CNC(F)(F)F)cc3)cc2c1. The smallest absolute Gasteiger partial charge is 0.355 e. The van der Waals surface area contributed by atoms with Crippen LogP contribution in [0.15, 0.2) is 48.5 Å². The predicted molar refractivity (Wildman–Crippen MR) is 84.5 cm³/mol. The van der Waals surface area contributed by atoms with Gasteiger partial charge in [0.25, 0.3) is 0 Å². The Balaban J connectivity index is 1.81. The molecule has 4 N–H and O–H groups in total. The zero-order chi connectivity index (χ0) is 16.4. The number of aromatic amines is 1. The molecule has 23 heavy (non-hydrogen) atoms. The number of fused-ring (bicyclic) bond motifs is 1. The number of hydrogen-bond acceptors (Lipinski definition) is 2. The van der Waals surface area contributed by atoms with E-state index in [1.54, 1.807) is 12.1 Å². The first kappa shape index (κ1) is 15.6. The number of alkyl halides is 3. The van der Waals surface area contributed by atoms with Crippen LogP contribution in [-0.2, 0) is 13.1 Å². The molecular formula is C17H16F3N3. The van der Waals surface area contributed by atoms with E-state index < -0.39 is 6.30 Å². The molecule has 0 spiro atoms. The van der Waals surface area contributed by atoms with Crippen molar-refractivity contribution in [1.29, 1.82) is 0 Å². The molecule has 0 atom stereocenters. The summed E-state index contributed by atoms with van der Waals surface area (Å²) >= 11 is 0. The molecule has 0 fully saturated rings. The average molecular weight is 319 g/mol. The Kier molecular flexibility index (Phi) is 4.11. The second-order valence-electron chi connectivity index (χ2n) is 5.36. The summed E-state index contributed by atoms with van der Waals surface area (Å²) in [5.41, 5.74) is 10.1. The van der Waals surface area contributed by atoms with Crippen LogP contribution in [-0.4, -0.2) is 11.3 Å². The molecule has 0 amide bonds. The van der Waals surface area contributed by atoms with Crippen molar-refractivity contribution in [2.45, 2.75) is 19.4 Å². The predicted octanol–water partition coefficient (Wildman–Crippen LogP) is 3.90. The fourth-order valence-electron chi connectivity index (χ4n) is 2.47. The molecule has 0 aliphatic carbocycles. The minimum absolute atomic E-state index is 0.240. The Morgan fingerprint density at radius 3 is 2.30 bits per heavy atom. The van der Waals surface area contributed by atoms with Gasteiger partial charge in [-0.1, -0.05) is 30.3 Å². The van der Waals surface area contributed by atoms with Crippen LogP contribution in [0.3, 0.4) is 0 Å². The van der Waals surface area contributed by atoms with E-state index in [-0.39, 0.29) is 6.54 Å². The standard InChI is InChI=1S/C17H16F3N3/c18-17(19,20)22-10-11-1-4-13(5-2-11)16-8-14-7-12(9-21)3-6-15(14)23-16/h1-8,22-23H,9-10,21H2. The molecule has 1 heterocycles. The molecule has 2 aromatic carbocycles. The summed E-state index contributed by atoms with van der Waals surface area (Å²) in [6.07, 6.45) is -4.36. The summed E-state index contributed by atoms with van der Waals surface area (Å²) in [5, 5.41) is 2.57. The molecule has 0 bridgehead atoms. The van der Waals surface area contributed by atoms with Crippen LogP contribution in [0.4, 0.5) is 13.2 Å². The Hall–Kier alpha value is -2.31. The highest BCUT2D eigenvalue weighted by Crippen LogP contribution is 2.25. The second kappa shape index (κ2) is 6.06. The maximum absolute atomic E-state index is 12.1. The van der Waals surface area contributed by atoms with Crippen LogP contribution in [0.2, 0.25) is 0 Å². The van der Waals surface area contributed by atoms with Crippen molar-refractivity contribution in [3.63, 3.8) is 0 Å². The molecular weight excluding hydrogens is 303 g/mol. The van der Waals surface area contributed by atoms with Gasteiger partial charge in [-0.25, -0.2) is 5.32 Å². The fraction of sp³-hybridized carbons (Fsp3) is 0.176. The van der Waals surface area contributed by atoms with Crippen molar-refractivity contribution in [2.75, 3.05) is 0 Å². The van der Waals surface area contributed by atoms with Gasteiger partial charge in [0, 0.05) is 29.7 Å². The van der Waals surface area contributed by atoms with Crippen molar-refractivity contribution in [2.24, 2.45) is 5.73 Å². The first-order valence-electron chi connectivity index (χ1n) is 7.17. The summed E-state index contributed by atoms with van der Waals surface area (Å²) in [7, 11) is 0. The quantitative estimate of drug-likeness (QED) is 0.639. The van der Waals surface area contributed by atoms with E-state index in [4.69, 9.17) is 5.73 Å². The van der Waals surface area contributed by atoms with Crippen LogP contribution in [0.5, 0.6) is 0 Å². The van der Waals surface area contributed by atoms with Gasteiger partial charge in [-0.3, -0.25) is 0 Å². The van der Waals surface area contributed by atoms with Gasteiger partial charge in [0.1, 0.15) is 0 Å². The van der Waals surface area contributed by atoms with Gasteiger partial charge in [-0.15, -0.1) is 0 Å². The molecule has 6 heteroatoms. The van der Waals surface area contributed by atoms with Gasteiger partial charge < -0.3 is 10.7 Å². The number of rotatable bonds is 4. The van der Waals surface area contributed by atoms with Crippen LogP contribution >= 0.6 is 0 Å². The second-order valence-corrected chi connectivity index (χ2v) is 5.36. The number of nitrogens with two attached hydrogens (primary N) is 1. The minimum atomic E-state index is -4.36. The lowest BCUT2D eigenvalue weighted by molar-refractivity contribution is -0.158. The Morgan fingerprint density at radius 2 is 1.65 bits per heavy atom. The van der Waals surface area contributed by atoms with E-state index in [9.17, 15) is 13.2 Å². The highest BCUT2D eigenvalue weighted by Gasteiger charge is 2.25. The summed E-state index contributed by atoms with van der Waals surface area (Å²) < 4.78 is 36.4. The maximum Gasteiger partial charge on any atom is 0.457 e. The number of halogens is 3. The zero-order valence-corrected chi connectivity index (χ0v) is 12.2. The van der Waals surface area contributed by atoms with E-state index in [1.807, 2.05) is 36.4 Å². The van der Waals surface area contributed by atoms with Gasteiger partial charge in [0.15, 0.2) is 0 Å². The first-order valence-corrected chi connectivity index (χ1v) is 7.17. The molecule has 120 valence electrons. The molecule has 0 saturated heterocycles. The zero-order valence-electron chi connectivity index (χ0n) is 12.2. The normalized spacial score (nSPS) is 12.0. The molecule has 0 saturated carbocycles. The lowest BCUT2D eigenvalue weighted by atomic mass is 10.1. The van der Waals surface area contributed by atoms with Gasteiger partial charge in [-0.05, 0) is 34.9 Å². The molecule has 0 aliphatic heterocycles. The lowest BCUT2D eigenvalue weighted by Gasteiger charge is -2.08. The number of H-pyrrole nitrogens is 1. The third-order valence-electron chi connectivity index (χ3n) is 3.68. The molecule has 0 unspecified atom stereocenters. The molecule has 3 nitrogen and oxygen atoms in total. The third kappa shape index (κ3) is 3.72. The van der Waals surface area contributed by atoms with Crippen molar-refractivity contribution in [3.05, 3.63) is 59.7 Å². The lowest BCUT2D eigenvalue weighted by Crippen LogP contribution is -2.30. The number of aromatic nitrogens is 1. The molecule has 3 aromatic rings. The molecule has 1 aromatic heterocycles. The topological polar surface area (TPSA) is 53.8 Å². The number of nitrogens with one attached hydrogen (secondary N) is 2. The maximum atomic E-state index is 12.1. The van der Waals surface area contributed by atoms with E-state index in [2.05, 4.69) is 4.98 Å². The summed E-state index contributed by atoms with van der Waals surface area (Å²) in [5.74, 6) is 0. The van der Waals surface area contributed by atoms with Gasteiger partial charge in [0.05, 0.1) is 0 Å². The molecule has 0 radical (unpaired) electrons. The molecule has 0 aliphatic rings. The third-order valence-corrected chi connectivity index (χ3v) is 3.68. The van der Waals surface area contributed by atoms with Crippen LogP contribution in [0.25, 0.3) is 22.2 Å². The van der Waals surface area contributed by atoms with E-state index in [0.717, 1.165) is 27.7 Å². The summed E-state index contributed by atoms with van der Waals surface area (Å²) in [6.45, 7) is 0.244. The first-order chi connectivity index (χ1) is 10.9. The Bertz CT molecular complexity index is 804. The Morgan fingerprint density at radius 1 is 0.957 bits per heavy atom. The monoisotopic (exact) mass is 319 g/mol. The minimum Gasteiger partial charge on any atom is -0.355 e. The summed E-state index contributed by atoms with van der Waals surface area (Å²) in [4.78, 5) is 3.30. The van der Waals surface area contributed by atoms with Crippen LogP contribution in [0, 0.1) is 0 Å². The highest BCUT2D eigenvalue weighted by molar-refractivity contribution is 5.86. The highest BCUT2D eigenvalue weighted by atomic mass is 19.4.